The number of aliphatic hydroxyl groups is 1. The number of benzene rings is 1. The van der Waals surface area contributed by atoms with Gasteiger partial charge >= 0.3 is 0 Å². The monoisotopic (exact) mass is 645 g/mol. The summed E-state index contributed by atoms with van der Waals surface area (Å²) in [6.07, 6.45) is 2.27. The van der Waals surface area contributed by atoms with E-state index in [2.05, 4.69) is 21.3 Å². The third kappa shape index (κ3) is 5.40. The van der Waals surface area contributed by atoms with E-state index >= 15 is 4.39 Å². The molecule has 0 bridgehead atoms. The number of hydrogen-bond acceptors (Lipinski definition) is 9. The molecule has 3 aliphatic heterocycles. The van der Waals surface area contributed by atoms with Gasteiger partial charge in [-0.3, -0.25) is 29.3 Å². The summed E-state index contributed by atoms with van der Waals surface area (Å²) in [5.41, 5.74) is 13.4. The van der Waals surface area contributed by atoms with Gasteiger partial charge in [-0.1, -0.05) is 6.07 Å². The fourth-order valence-corrected chi connectivity index (χ4v) is 6.69. The number of rotatable bonds is 6. The third-order valence-corrected chi connectivity index (χ3v) is 8.96. The molecule has 14 nitrogen and oxygen atoms in total. The number of fused-ring (bicyclic) bond motifs is 2. The lowest BCUT2D eigenvalue weighted by Gasteiger charge is -2.35. The average molecular weight is 646 g/mol. The summed E-state index contributed by atoms with van der Waals surface area (Å²) >= 11 is 0. The summed E-state index contributed by atoms with van der Waals surface area (Å²) in [6, 6.07) is 11.5. The number of piperidine rings is 1. The number of hydrogen-bond donors (Lipinski definition) is 5. The highest BCUT2D eigenvalue weighted by Crippen LogP contribution is 2.39. The highest BCUT2D eigenvalue weighted by Gasteiger charge is 2.36. The van der Waals surface area contributed by atoms with Gasteiger partial charge in [0.05, 0.1) is 31.1 Å². The van der Waals surface area contributed by atoms with Gasteiger partial charge in [0.15, 0.2) is 5.82 Å². The molecule has 3 aromatic heterocycles. The van der Waals surface area contributed by atoms with E-state index in [9.17, 15) is 19.5 Å². The molecular formula is C32H36FN9O5. The molecule has 0 radical (unpaired) electrons. The topological polar surface area (TPSA) is 174 Å². The quantitative estimate of drug-likeness (QED) is 0.210. The van der Waals surface area contributed by atoms with Crippen molar-refractivity contribution in [3.63, 3.8) is 0 Å². The van der Waals surface area contributed by atoms with Crippen LogP contribution >= 0.6 is 0 Å². The maximum absolute atomic E-state index is 15.9. The van der Waals surface area contributed by atoms with Crippen molar-refractivity contribution in [3.8, 4) is 16.9 Å². The fraction of sp³-hybridized carbons (Fsp3) is 0.375. The van der Waals surface area contributed by atoms with Crippen LogP contribution in [0.2, 0.25) is 0 Å². The van der Waals surface area contributed by atoms with Crippen LogP contribution in [0.3, 0.4) is 0 Å². The second-order valence-electron chi connectivity index (χ2n) is 12.5. The predicted molar refractivity (Wildman–Crippen MR) is 170 cm³/mol. The Kier molecular flexibility index (Phi) is 7.71. The first-order valence-corrected chi connectivity index (χ1v) is 15.5. The molecule has 1 fully saturated rings. The Balaban J connectivity index is 1.15. The zero-order valence-electron chi connectivity index (χ0n) is 26.0. The Morgan fingerprint density at radius 3 is 2.62 bits per heavy atom. The number of nitrogens with one attached hydrogen (secondary N) is 3. The van der Waals surface area contributed by atoms with E-state index in [4.69, 9.17) is 10.5 Å². The molecule has 1 saturated heterocycles. The Bertz CT molecular complexity index is 1920. The van der Waals surface area contributed by atoms with Crippen molar-refractivity contribution in [1.82, 2.24) is 29.3 Å². The molecule has 0 aliphatic carbocycles. The molecule has 1 unspecified atom stereocenters. The van der Waals surface area contributed by atoms with Gasteiger partial charge in [0, 0.05) is 47.7 Å². The standard InChI is InChI=1S/C32H36FN9O5/c1-32(2,46)31(45)39-11-8-18(9-12-39)23-16-21(27-28(34)37-38-41(23)27)20-7-6-19(15-22(20)33)36-29(43)26-24-17-47-14-13-40(24)42(30(26)44)25-5-3-4-10-35-25/h3-7,10,15-16,18,28,37-38,46H,8-9,11-14,17,34H2,1-2H3,(H,36,43). The van der Waals surface area contributed by atoms with E-state index < -0.39 is 29.1 Å². The van der Waals surface area contributed by atoms with Gasteiger partial charge in [0.1, 0.15) is 23.1 Å². The van der Waals surface area contributed by atoms with Crippen molar-refractivity contribution in [2.75, 3.05) is 30.5 Å². The number of likely N-dealkylation sites (tertiary alicyclic amines) is 1. The van der Waals surface area contributed by atoms with Gasteiger partial charge in [-0.25, -0.2) is 9.37 Å². The fourth-order valence-electron chi connectivity index (χ4n) is 6.69. The lowest BCUT2D eigenvalue weighted by Crippen LogP contribution is -2.48. The third-order valence-electron chi connectivity index (χ3n) is 8.96. The number of halogens is 1. The van der Waals surface area contributed by atoms with Crippen LogP contribution in [0.4, 0.5) is 10.1 Å². The molecule has 3 aliphatic rings. The Morgan fingerprint density at radius 1 is 1.13 bits per heavy atom. The Hall–Kier alpha value is -4.83. The number of carbonyl (C=O) groups excluding carboxylic acids is 2. The van der Waals surface area contributed by atoms with Gasteiger partial charge in [-0.05, 0) is 63.1 Å². The van der Waals surface area contributed by atoms with Crippen LogP contribution in [0, 0.1) is 5.82 Å². The number of carbonyl (C=O) groups is 2. The number of nitrogens with zero attached hydrogens (tertiary/aromatic N) is 5. The molecule has 15 heteroatoms. The predicted octanol–water partition coefficient (Wildman–Crippen LogP) is 1.92. The lowest BCUT2D eigenvalue weighted by molar-refractivity contribution is -0.148. The minimum atomic E-state index is -1.44. The molecule has 47 heavy (non-hydrogen) atoms. The maximum atomic E-state index is 15.9. The minimum Gasteiger partial charge on any atom is -0.381 e. The Labute approximate surface area is 268 Å². The first-order valence-electron chi connectivity index (χ1n) is 15.5. The normalized spacial score (nSPS) is 18.1. The van der Waals surface area contributed by atoms with Crippen LogP contribution in [-0.2, 0) is 22.7 Å². The molecule has 0 spiro atoms. The first-order chi connectivity index (χ1) is 22.5. The molecule has 1 aromatic carbocycles. The summed E-state index contributed by atoms with van der Waals surface area (Å²) in [7, 11) is 0. The zero-order valence-corrected chi connectivity index (χ0v) is 26.0. The molecular weight excluding hydrogens is 609 g/mol. The van der Waals surface area contributed by atoms with Crippen LogP contribution < -0.4 is 27.6 Å². The summed E-state index contributed by atoms with van der Waals surface area (Å²) in [6.45, 7) is 4.75. The van der Waals surface area contributed by atoms with Crippen molar-refractivity contribution in [2.24, 2.45) is 5.73 Å². The molecule has 1 atom stereocenters. The maximum Gasteiger partial charge on any atom is 0.286 e. The number of hydrazine groups is 1. The summed E-state index contributed by atoms with van der Waals surface area (Å²) in [5, 5.41) is 12.8. The zero-order chi connectivity index (χ0) is 33.0. The average Bonchev–Trinajstić information content (AvgIpc) is 3.71. The molecule has 6 N–H and O–H groups in total. The van der Waals surface area contributed by atoms with Crippen molar-refractivity contribution < 1.29 is 23.8 Å². The van der Waals surface area contributed by atoms with Gasteiger partial charge in [-0.2, -0.15) is 10.1 Å². The number of anilines is 1. The lowest BCUT2D eigenvalue weighted by atomic mass is 9.92. The highest BCUT2D eigenvalue weighted by molar-refractivity contribution is 6.05. The molecule has 2 amide bonds. The summed E-state index contributed by atoms with van der Waals surface area (Å²) in [5.74, 6) is -1.13. The number of aromatic nitrogens is 4. The molecule has 7 rings (SSSR count). The molecule has 6 heterocycles. The van der Waals surface area contributed by atoms with Crippen LogP contribution in [0.15, 0.2) is 53.5 Å². The summed E-state index contributed by atoms with van der Waals surface area (Å²) in [4.78, 5) is 45.5. The summed E-state index contributed by atoms with van der Waals surface area (Å²) < 4.78 is 26.3. The first kappa shape index (κ1) is 30.8. The van der Waals surface area contributed by atoms with Gasteiger partial charge < -0.3 is 25.8 Å². The van der Waals surface area contributed by atoms with E-state index in [-0.39, 0.29) is 29.7 Å². The molecule has 0 saturated carbocycles. The van der Waals surface area contributed by atoms with E-state index in [0.717, 1.165) is 5.69 Å². The molecule has 4 aromatic rings. The van der Waals surface area contributed by atoms with Crippen molar-refractivity contribution in [1.29, 1.82) is 0 Å². The van der Waals surface area contributed by atoms with E-state index in [1.807, 2.05) is 10.7 Å². The van der Waals surface area contributed by atoms with Crippen LogP contribution in [0.5, 0.6) is 0 Å². The van der Waals surface area contributed by atoms with Gasteiger partial charge in [0.2, 0.25) is 0 Å². The second-order valence-corrected chi connectivity index (χ2v) is 12.5. The van der Waals surface area contributed by atoms with E-state index in [1.165, 1.54) is 24.6 Å². The number of pyridine rings is 1. The van der Waals surface area contributed by atoms with Crippen molar-refractivity contribution in [2.45, 2.75) is 57.5 Å². The van der Waals surface area contributed by atoms with E-state index in [0.29, 0.717) is 67.4 Å². The van der Waals surface area contributed by atoms with Gasteiger partial charge in [0.25, 0.3) is 17.4 Å². The molecule has 246 valence electrons. The van der Waals surface area contributed by atoms with Gasteiger partial charge in [-0.15, -0.1) is 0 Å². The second kappa shape index (κ2) is 11.8. The number of ether oxygens (including phenoxy) is 1. The van der Waals surface area contributed by atoms with Crippen LogP contribution in [-0.4, -0.2) is 66.1 Å². The largest absolute Gasteiger partial charge is 0.381 e. The highest BCUT2D eigenvalue weighted by atomic mass is 19.1. The van der Waals surface area contributed by atoms with E-state index in [1.54, 1.807) is 46.1 Å². The van der Waals surface area contributed by atoms with Crippen molar-refractivity contribution >= 4 is 17.5 Å². The number of nitrogens with two attached hydrogens (primary N) is 1. The number of amides is 2. The SMILES string of the molecule is CC(C)(O)C(=O)N1CCC(c2cc(-c3ccc(NC(=O)c4c5n(n(-c6ccccn6)c4=O)CCOC5)cc3F)c3n2NNC3N)CC1. The smallest absolute Gasteiger partial charge is 0.286 e. The van der Waals surface area contributed by atoms with Crippen molar-refractivity contribution in [3.05, 3.63) is 87.5 Å². The van der Waals surface area contributed by atoms with Crippen LogP contribution in [0.1, 0.15) is 66.2 Å². The minimum absolute atomic E-state index is 0.0574. The van der Waals surface area contributed by atoms with Crippen LogP contribution in [0.25, 0.3) is 16.9 Å². The Morgan fingerprint density at radius 2 is 1.91 bits per heavy atom.